The molecule has 0 fully saturated rings. The Morgan fingerprint density at radius 2 is 1.44 bits per heavy atom. The van der Waals surface area contributed by atoms with E-state index < -0.39 is 0 Å². The van der Waals surface area contributed by atoms with Crippen molar-refractivity contribution in [2.45, 2.75) is 12.5 Å². The summed E-state index contributed by atoms with van der Waals surface area (Å²) >= 11 is 5.80. The minimum Gasteiger partial charge on any atom is -0.226 e. The third kappa shape index (κ3) is 2.84. The van der Waals surface area contributed by atoms with Gasteiger partial charge in [-0.25, -0.2) is 4.84 Å². The molecule has 1 N–H and O–H groups in total. The van der Waals surface area contributed by atoms with Crippen LogP contribution in [-0.4, -0.2) is 0 Å². The Hall–Kier alpha value is -1.31. The van der Waals surface area contributed by atoms with Gasteiger partial charge >= 0.3 is 0 Å². The summed E-state index contributed by atoms with van der Waals surface area (Å²) in [5.74, 6) is 0. The van der Waals surface area contributed by atoms with Gasteiger partial charge in [-0.1, -0.05) is 60.7 Å². The SMILES string of the molecule is ClNC(Cc1ccccc1)c1ccccc1. The molecular formula is C14H14ClN. The smallest absolute Gasteiger partial charge is 0.0510 e. The Bertz CT molecular complexity index is 413. The van der Waals surface area contributed by atoms with Crippen LogP contribution in [-0.2, 0) is 6.42 Å². The lowest BCUT2D eigenvalue weighted by Crippen LogP contribution is -2.14. The van der Waals surface area contributed by atoms with Crippen LogP contribution in [0.5, 0.6) is 0 Å². The molecule has 0 spiro atoms. The topological polar surface area (TPSA) is 12.0 Å². The number of rotatable bonds is 4. The van der Waals surface area contributed by atoms with Gasteiger partial charge in [-0.2, -0.15) is 0 Å². The van der Waals surface area contributed by atoms with Gasteiger partial charge in [0.25, 0.3) is 0 Å². The molecule has 0 radical (unpaired) electrons. The molecule has 0 aromatic heterocycles. The van der Waals surface area contributed by atoms with Crippen LogP contribution in [0.1, 0.15) is 17.2 Å². The molecule has 0 aliphatic carbocycles. The fraction of sp³-hybridized carbons (Fsp3) is 0.143. The van der Waals surface area contributed by atoms with Crippen LogP contribution < -0.4 is 4.84 Å². The van der Waals surface area contributed by atoms with Crippen molar-refractivity contribution in [1.82, 2.24) is 4.84 Å². The maximum Gasteiger partial charge on any atom is 0.0510 e. The van der Waals surface area contributed by atoms with Crippen molar-refractivity contribution in [1.29, 1.82) is 0 Å². The molecule has 0 heterocycles. The van der Waals surface area contributed by atoms with E-state index in [4.69, 9.17) is 11.8 Å². The van der Waals surface area contributed by atoms with Crippen LogP contribution in [0.2, 0.25) is 0 Å². The van der Waals surface area contributed by atoms with E-state index in [1.807, 2.05) is 36.4 Å². The summed E-state index contributed by atoms with van der Waals surface area (Å²) in [6.07, 6.45) is 0.897. The molecule has 16 heavy (non-hydrogen) atoms. The Morgan fingerprint density at radius 3 is 2.00 bits per heavy atom. The molecule has 2 heteroatoms. The molecule has 1 atom stereocenters. The van der Waals surface area contributed by atoms with Gasteiger partial charge in [0.2, 0.25) is 0 Å². The standard InChI is InChI=1S/C14H14ClN/c15-16-14(13-9-5-2-6-10-13)11-12-7-3-1-4-8-12/h1-10,14,16H,11H2. The van der Waals surface area contributed by atoms with Crippen LogP contribution >= 0.6 is 11.8 Å². The first-order chi connectivity index (χ1) is 7.90. The minimum atomic E-state index is 0.158. The second kappa shape index (κ2) is 5.69. The van der Waals surface area contributed by atoms with Crippen molar-refractivity contribution in [2.24, 2.45) is 0 Å². The fourth-order valence-corrected chi connectivity index (χ4v) is 1.96. The summed E-state index contributed by atoms with van der Waals surface area (Å²) in [4.78, 5) is 2.84. The zero-order valence-electron chi connectivity index (χ0n) is 8.94. The van der Waals surface area contributed by atoms with E-state index in [1.54, 1.807) is 0 Å². The number of halogens is 1. The van der Waals surface area contributed by atoms with E-state index in [9.17, 15) is 0 Å². The van der Waals surface area contributed by atoms with E-state index in [-0.39, 0.29) is 6.04 Å². The van der Waals surface area contributed by atoms with Crippen molar-refractivity contribution >= 4 is 11.8 Å². The quantitative estimate of drug-likeness (QED) is 0.791. The molecule has 2 aromatic carbocycles. The molecule has 1 nitrogen and oxygen atoms in total. The Labute approximate surface area is 101 Å². The highest BCUT2D eigenvalue weighted by molar-refractivity contribution is 6.13. The van der Waals surface area contributed by atoms with E-state index in [1.165, 1.54) is 11.1 Å². The highest BCUT2D eigenvalue weighted by atomic mass is 35.5. The van der Waals surface area contributed by atoms with Gasteiger partial charge in [-0.3, -0.25) is 0 Å². The summed E-state index contributed by atoms with van der Waals surface area (Å²) < 4.78 is 0. The lowest BCUT2D eigenvalue weighted by molar-refractivity contribution is 0.665. The molecule has 0 aliphatic rings. The average molecular weight is 232 g/mol. The van der Waals surface area contributed by atoms with Crippen LogP contribution in [0.15, 0.2) is 60.7 Å². The second-order valence-electron chi connectivity index (χ2n) is 3.76. The van der Waals surface area contributed by atoms with Crippen LogP contribution in [0.4, 0.5) is 0 Å². The molecule has 1 unspecified atom stereocenters. The lowest BCUT2D eigenvalue weighted by Gasteiger charge is -2.14. The maximum atomic E-state index is 5.80. The number of hydrogen-bond donors (Lipinski definition) is 1. The third-order valence-electron chi connectivity index (χ3n) is 2.62. The van der Waals surface area contributed by atoms with Crippen LogP contribution in [0.25, 0.3) is 0 Å². The van der Waals surface area contributed by atoms with Gasteiger partial charge in [0.15, 0.2) is 0 Å². The predicted molar refractivity (Wildman–Crippen MR) is 68.3 cm³/mol. The number of hydrogen-bond acceptors (Lipinski definition) is 1. The minimum absolute atomic E-state index is 0.158. The molecule has 0 amide bonds. The van der Waals surface area contributed by atoms with E-state index in [0.29, 0.717) is 0 Å². The predicted octanol–water partition coefficient (Wildman–Crippen LogP) is 3.71. The first-order valence-corrected chi connectivity index (χ1v) is 5.73. The van der Waals surface area contributed by atoms with Crippen molar-refractivity contribution in [3.8, 4) is 0 Å². The summed E-state index contributed by atoms with van der Waals surface area (Å²) in [6, 6.07) is 20.7. The molecule has 2 aromatic rings. The van der Waals surface area contributed by atoms with Gasteiger partial charge < -0.3 is 0 Å². The van der Waals surface area contributed by atoms with Gasteiger partial charge in [-0.15, -0.1) is 0 Å². The van der Waals surface area contributed by atoms with Gasteiger partial charge in [0.1, 0.15) is 0 Å². The van der Waals surface area contributed by atoms with Crippen molar-refractivity contribution < 1.29 is 0 Å². The average Bonchev–Trinajstić information content (AvgIpc) is 2.38. The Morgan fingerprint density at radius 1 is 0.875 bits per heavy atom. The summed E-state index contributed by atoms with van der Waals surface area (Å²) in [6.45, 7) is 0. The normalized spacial score (nSPS) is 12.3. The van der Waals surface area contributed by atoms with Crippen molar-refractivity contribution in [3.63, 3.8) is 0 Å². The molecule has 82 valence electrons. The first-order valence-electron chi connectivity index (χ1n) is 5.35. The zero-order valence-corrected chi connectivity index (χ0v) is 9.69. The van der Waals surface area contributed by atoms with Gasteiger partial charge in [-0.05, 0) is 29.3 Å². The Balaban J connectivity index is 2.13. The number of nitrogens with one attached hydrogen (secondary N) is 1. The van der Waals surface area contributed by atoms with E-state index in [2.05, 4.69) is 29.1 Å². The van der Waals surface area contributed by atoms with Crippen molar-refractivity contribution in [3.05, 3.63) is 71.8 Å². The summed E-state index contributed by atoms with van der Waals surface area (Å²) in [5, 5.41) is 0. The lowest BCUT2D eigenvalue weighted by atomic mass is 10.00. The summed E-state index contributed by atoms with van der Waals surface area (Å²) in [7, 11) is 0. The van der Waals surface area contributed by atoms with Gasteiger partial charge in [0.05, 0.1) is 6.04 Å². The molecule has 0 saturated heterocycles. The zero-order chi connectivity index (χ0) is 11.2. The summed E-state index contributed by atoms with van der Waals surface area (Å²) in [5.41, 5.74) is 2.49. The molecule has 0 bridgehead atoms. The van der Waals surface area contributed by atoms with Crippen molar-refractivity contribution in [2.75, 3.05) is 0 Å². The molecule has 0 aliphatic heterocycles. The molecule has 2 rings (SSSR count). The Kier molecular flexibility index (Phi) is 3.97. The number of benzene rings is 2. The molecule has 0 saturated carbocycles. The largest absolute Gasteiger partial charge is 0.226 e. The second-order valence-corrected chi connectivity index (χ2v) is 3.98. The third-order valence-corrected chi connectivity index (χ3v) is 2.88. The van der Waals surface area contributed by atoms with Gasteiger partial charge in [0, 0.05) is 0 Å². The van der Waals surface area contributed by atoms with Crippen LogP contribution in [0.3, 0.4) is 0 Å². The highest BCUT2D eigenvalue weighted by Gasteiger charge is 2.09. The molecular weight excluding hydrogens is 218 g/mol. The van der Waals surface area contributed by atoms with E-state index in [0.717, 1.165) is 6.42 Å². The van der Waals surface area contributed by atoms with Crippen LogP contribution in [0, 0.1) is 0 Å². The van der Waals surface area contributed by atoms with E-state index >= 15 is 0 Å². The first kappa shape index (κ1) is 11.2. The maximum absolute atomic E-state index is 5.80. The fourth-order valence-electron chi connectivity index (χ4n) is 1.75. The highest BCUT2D eigenvalue weighted by Crippen LogP contribution is 2.18. The monoisotopic (exact) mass is 231 g/mol.